The van der Waals surface area contributed by atoms with Crippen LogP contribution in [0.5, 0.6) is 5.75 Å². The van der Waals surface area contributed by atoms with Crippen molar-refractivity contribution in [2.45, 2.75) is 19.8 Å². The number of ether oxygens (including phenoxy) is 1. The number of nitrogens with zero attached hydrogens (tertiary/aromatic N) is 1. The first-order valence-corrected chi connectivity index (χ1v) is 5.53. The van der Waals surface area contributed by atoms with E-state index in [9.17, 15) is 0 Å². The van der Waals surface area contributed by atoms with Gasteiger partial charge in [-0.3, -0.25) is 0 Å². The molecule has 0 amide bonds. The van der Waals surface area contributed by atoms with Crippen LogP contribution in [0, 0.1) is 6.92 Å². The van der Waals surface area contributed by atoms with Crippen molar-refractivity contribution >= 4 is 5.69 Å². The third kappa shape index (κ3) is 2.58. The summed E-state index contributed by atoms with van der Waals surface area (Å²) in [5, 5.41) is 3.66. The minimum absolute atomic E-state index is 0.621. The lowest BCUT2D eigenvalue weighted by atomic mass is 10.1. The highest BCUT2D eigenvalue weighted by molar-refractivity contribution is 5.39. The van der Waals surface area contributed by atoms with Crippen LogP contribution in [0.4, 0.5) is 5.69 Å². The van der Waals surface area contributed by atoms with Gasteiger partial charge in [-0.05, 0) is 30.5 Å². The van der Waals surface area contributed by atoms with Crippen molar-refractivity contribution < 1.29 is 9.26 Å². The van der Waals surface area contributed by atoms with Crippen LogP contribution >= 0.6 is 0 Å². The molecule has 17 heavy (non-hydrogen) atoms. The SMILES string of the molecule is COc1ccc(CCc2oncc2N)cc1C. The summed E-state index contributed by atoms with van der Waals surface area (Å²) in [7, 11) is 1.68. The number of methoxy groups -OCH3 is 1. The fraction of sp³-hybridized carbons (Fsp3) is 0.308. The number of aryl methyl sites for hydroxylation is 3. The first-order valence-electron chi connectivity index (χ1n) is 5.53. The van der Waals surface area contributed by atoms with E-state index in [4.69, 9.17) is 15.0 Å². The molecule has 1 heterocycles. The average Bonchev–Trinajstić information content (AvgIpc) is 2.72. The Morgan fingerprint density at radius 3 is 2.76 bits per heavy atom. The van der Waals surface area contributed by atoms with E-state index in [1.807, 2.05) is 13.0 Å². The number of benzene rings is 1. The molecule has 0 unspecified atom stereocenters. The zero-order valence-electron chi connectivity index (χ0n) is 10.1. The maximum Gasteiger partial charge on any atom is 0.159 e. The Hall–Kier alpha value is -1.97. The van der Waals surface area contributed by atoms with Crippen molar-refractivity contribution in [2.24, 2.45) is 0 Å². The van der Waals surface area contributed by atoms with Gasteiger partial charge in [0.25, 0.3) is 0 Å². The number of nitrogens with two attached hydrogens (primary N) is 1. The predicted molar refractivity (Wildman–Crippen MR) is 66.1 cm³/mol. The molecule has 0 atom stereocenters. The summed E-state index contributed by atoms with van der Waals surface area (Å²) in [6.07, 6.45) is 3.18. The molecule has 0 saturated heterocycles. The molecule has 1 aromatic heterocycles. The minimum atomic E-state index is 0.621. The standard InChI is InChI=1S/C13H16N2O2/c1-9-7-10(3-5-12(9)16-2)4-6-13-11(14)8-15-17-13/h3,5,7-8H,4,6,14H2,1-2H3. The number of anilines is 1. The van der Waals surface area contributed by atoms with Gasteiger partial charge >= 0.3 is 0 Å². The van der Waals surface area contributed by atoms with Crippen molar-refractivity contribution in [3.8, 4) is 5.75 Å². The second kappa shape index (κ2) is 4.91. The Morgan fingerprint density at radius 1 is 1.35 bits per heavy atom. The summed E-state index contributed by atoms with van der Waals surface area (Å²) in [5.41, 5.74) is 8.69. The summed E-state index contributed by atoms with van der Waals surface area (Å²) in [6.45, 7) is 2.03. The monoisotopic (exact) mass is 232 g/mol. The van der Waals surface area contributed by atoms with E-state index in [-0.39, 0.29) is 0 Å². The number of hydrogen-bond acceptors (Lipinski definition) is 4. The van der Waals surface area contributed by atoms with Gasteiger partial charge in [-0.15, -0.1) is 0 Å². The minimum Gasteiger partial charge on any atom is -0.496 e. The van der Waals surface area contributed by atoms with E-state index in [1.165, 1.54) is 11.8 Å². The topological polar surface area (TPSA) is 61.3 Å². The van der Waals surface area contributed by atoms with Gasteiger partial charge in [0.2, 0.25) is 0 Å². The quantitative estimate of drug-likeness (QED) is 0.879. The van der Waals surface area contributed by atoms with Crippen LogP contribution in [0.25, 0.3) is 0 Å². The summed E-state index contributed by atoms with van der Waals surface area (Å²) in [6, 6.07) is 6.15. The fourth-order valence-corrected chi connectivity index (χ4v) is 1.82. The van der Waals surface area contributed by atoms with Crippen LogP contribution in [0.2, 0.25) is 0 Å². The first kappa shape index (κ1) is 11.5. The fourth-order valence-electron chi connectivity index (χ4n) is 1.82. The Morgan fingerprint density at radius 2 is 2.18 bits per heavy atom. The molecule has 0 aliphatic rings. The van der Waals surface area contributed by atoms with Crippen molar-refractivity contribution in [3.05, 3.63) is 41.3 Å². The summed E-state index contributed by atoms with van der Waals surface area (Å²) in [5.74, 6) is 1.66. The van der Waals surface area contributed by atoms with Crippen molar-refractivity contribution in [1.29, 1.82) is 0 Å². The van der Waals surface area contributed by atoms with Gasteiger partial charge in [0, 0.05) is 6.42 Å². The Kier molecular flexibility index (Phi) is 3.32. The van der Waals surface area contributed by atoms with Gasteiger partial charge in [0.1, 0.15) is 5.75 Å². The molecule has 0 radical (unpaired) electrons. The lowest BCUT2D eigenvalue weighted by molar-refractivity contribution is 0.384. The van der Waals surface area contributed by atoms with E-state index >= 15 is 0 Å². The van der Waals surface area contributed by atoms with Gasteiger partial charge in [-0.2, -0.15) is 0 Å². The highest BCUT2D eigenvalue weighted by Crippen LogP contribution is 2.20. The molecule has 0 aliphatic carbocycles. The first-order chi connectivity index (χ1) is 8.20. The van der Waals surface area contributed by atoms with Crippen molar-refractivity contribution in [1.82, 2.24) is 5.16 Å². The molecule has 0 aliphatic heterocycles. The normalized spacial score (nSPS) is 10.5. The van der Waals surface area contributed by atoms with E-state index < -0.39 is 0 Å². The van der Waals surface area contributed by atoms with Crippen LogP contribution in [-0.4, -0.2) is 12.3 Å². The van der Waals surface area contributed by atoms with Crippen LogP contribution in [0.1, 0.15) is 16.9 Å². The van der Waals surface area contributed by atoms with E-state index in [2.05, 4.69) is 17.3 Å². The smallest absolute Gasteiger partial charge is 0.159 e. The van der Waals surface area contributed by atoms with Crippen LogP contribution in [0.3, 0.4) is 0 Å². The molecule has 2 aromatic rings. The maximum absolute atomic E-state index is 5.70. The molecule has 0 saturated carbocycles. The van der Waals surface area contributed by atoms with Gasteiger partial charge in [-0.25, -0.2) is 0 Å². The van der Waals surface area contributed by atoms with Crippen molar-refractivity contribution in [3.63, 3.8) is 0 Å². The summed E-state index contributed by atoms with van der Waals surface area (Å²) in [4.78, 5) is 0. The number of rotatable bonds is 4. The third-order valence-electron chi connectivity index (χ3n) is 2.78. The van der Waals surface area contributed by atoms with E-state index in [0.717, 1.165) is 29.9 Å². The molecule has 4 heteroatoms. The Labute approximate surface area is 100 Å². The zero-order chi connectivity index (χ0) is 12.3. The second-order valence-electron chi connectivity index (χ2n) is 4.01. The second-order valence-corrected chi connectivity index (χ2v) is 4.01. The largest absolute Gasteiger partial charge is 0.496 e. The van der Waals surface area contributed by atoms with Crippen LogP contribution in [-0.2, 0) is 12.8 Å². The van der Waals surface area contributed by atoms with Crippen molar-refractivity contribution in [2.75, 3.05) is 12.8 Å². The van der Waals surface area contributed by atoms with Crippen LogP contribution < -0.4 is 10.5 Å². The molecular weight excluding hydrogens is 216 g/mol. The Bertz CT molecular complexity index is 506. The highest BCUT2D eigenvalue weighted by atomic mass is 16.5. The molecule has 4 nitrogen and oxygen atoms in total. The summed E-state index contributed by atoms with van der Waals surface area (Å²) < 4.78 is 10.3. The maximum atomic E-state index is 5.70. The zero-order valence-corrected chi connectivity index (χ0v) is 10.1. The lowest BCUT2D eigenvalue weighted by Crippen LogP contribution is -1.95. The Balaban J connectivity index is 2.05. The van der Waals surface area contributed by atoms with Gasteiger partial charge in [0.05, 0.1) is 19.0 Å². The molecule has 90 valence electrons. The number of hydrogen-bond donors (Lipinski definition) is 1. The number of nitrogen functional groups attached to an aromatic ring is 1. The molecule has 0 fully saturated rings. The molecule has 0 spiro atoms. The average molecular weight is 232 g/mol. The summed E-state index contributed by atoms with van der Waals surface area (Å²) >= 11 is 0. The molecule has 1 aromatic carbocycles. The van der Waals surface area contributed by atoms with Crippen LogP contribution in [0.15, 0.2) is 28.9 Å². The molecule has 2 rings (SSSR count). The van der Waals surface area contributed by atoms with Gasteiger partial charge in [0.15, 0.2) is 5.76 Å². The molecule has 2 N–H and O–H groups in total. The molecular formula is C13H16N2O2. The lowest BCUT2D eigenvalue weighted by Gasteiger charge is -2.06. The van der Waals surface area contributed by atoms with Gasteiger partial charge in [-0.1, -0.05) is 17.3 Å². The van der Waals surface area contributed by atoms with Gasteiger partial charge < -0.3 is 15.0 Å². The number of aromatic nitrogens is 1. The molecule has 0 bridgehead atoms. The van der Waals surface area contributed by atoms with E-state index in [0.29, 0.717) is 5.69 Å². The van der Waals surface area contributed by atoms with E-state index in [1.54, 1.807) is 7.11 Å². The highest BCUT2D eigenvalue weighted by Gasteiger charge is 2.06. The predicted octanol–water partition coefficient (Wildman–Crippen LogP) is 2.36. The third-order valence-corrected chi connectivity index (χ3v) is 2.78.